The highest BCUT2D eigenvalue weighted by Gasteiger charge is 2.21. The molecule has 0 aromatic carbocycles. The van der Waals surface area contributed by atoms with Crippen LogP contribution in [0.5, 0.6) is 0 Å². The fraction of sp³-hybridized carbons (Fsp3) is 0.364. The average Bonchev–Trinajstić information content (AvgIpc) is 2.57. The average molecular weight is 298 g/mol. The number of nitrogens with zero attached hydrogens (tertiary/aromatic N) is 3. The molecule has 0 spiro atoms. The lowest BCUT2D eigenvalue weighted by Crippen LogP contribution is -2.23. The van der Waals surface area contributed by atoms with E-state index in [0.717, 1.165) is 4.47 Å². The van der Waals surface area contributed by atoms with Crippen LogP contribution in [0.3, 0.4) is 0 Å². The number of aromatic nitrogens is 3. The molecule has 0 saturated heterocycles. The van der Waals surface area contributed by atoms with E-state index in [4.69, 9.17) is 4.74 Å². The fourth-order valence-corrected chi connectivity index (χ4v) is 1.63. The van der Waals surface area contributed by atoms with Gasteiger partial charge in [-0.15, -0.1) is 0 Å². The second-order valence-corrected chi connectivity index (χ2v) is 5.52. The van der Waals surface area contributed by atoms with Crippen LogP contribution in [-0.4, -0.2) is 26.2 Å². The van der Waals surface area contributed by atoms with Crippen LogP contribution in [0.15, 0.2) is 23.1 Å². The molecule has 2 heterocycles. The molecule has 0 radical (unpaired) electrons. The van der Waals surface area contributed by atoms with Gasteiger partial charge in [-0.1, -0.05) is 0 Å². The number of carbonyl (C=O) groups is 1. The van der Waals surface area contributed by atoms with Gasteiger partial charge >= 0.3 is 5.97 Å². The van der Waals surface area contributed by atoms with Gasteiger partial charge in [0.25, 0.3) is 0 Å². The Kier molecular flexibility index (Phi) is 2.91. The molecule has 2 aromatic heterocycles. The van der Waals surface area contributed by atoms with Crippen LogP contribution < -0.4 is 0 Å². The minimum absolute atomic E-state index is 0.368. The summed E-state index contributed by atoms with van der Waals surface area (Å²) in [6, 6.07) is 0. The first-order valence-corrected chi connectivity index (χ1v) is 5.88. The Bertz CT molecular complexity index is 572. The monoisotopic (exact) mass is 297 g/mol. The van der Waals surface area contributed by atoms with E-state index in [1.807, 2.05) is 20.8 Å². The summed E-state index contributed by atoms with van der Waals surface area (Å²) in [5, 5.41) is 4.05. The third-order valence-electron chi connectivity index (χ3n) is 1.94. The van der Waals surface area contributed by atoms with Crippen LogP contribution >= 0.6 is 15.9 Å². The van der Waals surface area contributed by atoms with Crippen LogP contribution in [0, 0.1) is 0 Å². The Labute approximate surface area is 107 Å². The summed E-state index contributed by atoms with van der Waals surface area (Å²) in [6.07, 6.45) is 4.81. The topological polar surface area (TPSA) is 56.5 Å². The van der Waals surface area contributed by atoms with Crippen molar-refractivity contribution in [2.45, 2.75) is 26.4 Å². The Morgan fingerprint density at radius 1 is 1.41 bits per heavy atom. The molecule has 0 saturated carbocycles. The zero-order valence-corrected chi connectivity index (χ0v) is 11.4. The SMILES string of the molecule is CC(C)(C)OC(=O)c1cnn2cc(Br)cnc12. The molecular formula is C11H12BrN3O2. The molecule has 0 amide bonds. The summed E-state index contributed by atoms with van der Waals surface area (Å²) < 4.78 is 7.60. The van der Waals surface area contributed by atoms with E-state index < -0.39 is 11.6 Å². The molecule has 0 fully saturated rings. The lowest BCUT2D eigenvalue weighted by atomic mass is 10.2. The number of rotatable bonds is 1. The van der Waals surface area contributed by atoms with Gasteiger partial charge in [0.15, 0.2) is 5.65 Å². The number of fused-ring (bicyclic) bond motifs is 1. The number of ether oxygens (including phenoxy) is 1. The molecule has 0 bridgehead atoms. The fourth-order valence-electron chi connectivity index (χ4n) is 1.33. The predicted octanol–water partition coefficient (Wildman–Crippen LogP) is 2.45. The number of esters is 1. The largest absolute Gasteiger partial charge is 0.456 e. The zero-order chi connectivity index (χ0) is 12.6. The quantitative estimate of drug-likeness (QED) is 0.759. The predicted molar refractivity (Wildman–Crippen MR) is 65.9 cm³/mol. The van der Waals surface area contributed by atoms with Gasteiger partial charge in [-0.25, -0.2) is 14.3 Å². The molecular weight excluding hydrogens is 286 g/mol. The van der Waals surface area contributed by atoms with Gasteiger partial charge in [0, 0.05) is 12.4 Å². The van der Waals surface area contributed by atoms with Crippen molar-refractivity contribution in [2.24, 2.45) is 0 Å². The second-order valence-electron chi connectivity index (χ2n) is 4.60. The van der Waals surface area contributed by atoms with Gasteiger partial charge in [0.2, 0.25) is 0 Å². The highest BCUT2D eigenvalue weighted by Crippen LogP contribution is 2.16. The van der Waals surface area contributed by atoms with E-state index in [-0.39, 0.29) is 0 Å². The molecule has 0 aliphatic carbocycles. The summed E-state index contributed by atoms with van der Waals surface area (Å²) in [6.45, 7) is 5.46. The molecule has 0 aliphatic heterocycles. The Hall–Kier alpha value is -1.43. The van der Waals surface area contributed by atoms with Crippen molar-refractivity contribution in [3.8, 4) is 0 Å². The molecule has 0 aliphatic rings. The van der Waals surface area contributed by atoms with Crippen molar-refractivity contribution < 1.29 is 9.53 Å². The number of hydrogen-bond acceptors (Lipinski definition) is 4. The van der Waals surface area contributed by atoms with Gasteiger partial charge in [-0.2, -0.15) is 5.10 Å². The molecule has 90 valence electrons. The molecule has 2 aromatic rings. The highest BCUT2D eigenvalue weighted by molar-refractivity contribution is 9.10. The summed E-state index contributed by atoms with van der Waals surface area (Å²) in [7, 11) is 0. The van der Waals surface area contributed by atoms with E-state index in [0.29, 0.717) is 11.2 Å². The second kappa shape index (κ2) is 4.10. The summed E-state index contributed by atoms with van der Waals surface area (Å²) in [5.41, 5.74) is 0.329. The van der Waals surface area contributed by atoms with Crippen molar-refractivity contribution in [3.63, 3.8) is 0 Å². The number of hydrogen-bond donors (Lipinski definition) is 0. The minimum atomic E-state index is -0.527. The van der Waals surface area contributed by atoms with Crippen molar-refractivity contribution in [1.82, 2.24) is 14.6 Å². The van der Waals surface area contributed by atoms with E-state index in [2.05, 4.69) is 26.0 Å². The van der Waals surface area contributed by atoms with Crippen LogP contribution in [0.4, 0.5) is 0 Å². The van der Waals surface area contributed by atoms with Gasteiger partial charge < -0.3 is 4.74 Å². The van der Waals surface area contributed by atoms with E-state index in [1.165, 1.54) is 10.7 Å². The standard InChI is InChI=1S/C11H12BrN3O2/c1-11(2,3)17-10(16)8-5-14-15-6-7(12)4-13-9(8)15/h4-6H,1-3H3. The maximum Gasteiger partial charge on any atom is 0.344 e. The maximum absolute atomic E-state index is 11.9. The molecule has 17 heavy (non-hydrogen) atoms. The van der Waals surface area contributed by atoms with Crippen LogP contribution in [0.1, 0.15) is 31.1 Å². The molecule has 2 rings (SSSR count). The molecule has 0 atom stereocenters. The van der Waals surface area contributed by atoms with E-state index in [9.17, 15) is 4.79 Å². The van der Waals surface area contributed by atoms with Gasteiger partial charge in [0.1, 0.15) is 11.2 Å². The number of carbonyl (C=O) groups excluding carboxylic acids is 1. The molecule has 0 unspecified atom stereocenters. The van der Waals surface area contributed by atoms with Gasteiger partial charge in [-0.3, -0.25) is 0 Å². The summed E-state index contributed by atoms with van der Waals surface area (Å²) >= 11 is 3.29. The minimum Gasteiger partial charge on any atom is -0.456 e. The summed E-state index contributed by atoms with van der Waals surface area (Å²) in [4.78, 5) is 16.0. The first-order chi connectivity index (χ1) is 7.87. The first-order valence-electron chi connectivity index (χ1n) is 5.09. The van der Waals surface area contributed by atoms with Gasteiger partial charge in [-0.05, 0) is 36.7 Å². The molecule has 0 N–H and O–H groups in total. The van der Waals surface area contributed by atoms with Crippen LogP contribution in [0.2, 0.25) is 0 Å². The van der Waals surface area contributed by atoms with Gasteiger partial charge in [0.05, 0.1) is 10.7 Å². The van der Waals surface area contributed by atoms with Crippen molar-refractivity contribution in [3.05, 3.63) is 28.6 Å². The zero-order valence-electron chi connectivity index (χ0n) is 9.77. The third kappa shape index (κ3) is 2.63. The third-order valence-corrected chi connectivity index (χ3v) is 2.35. The van der Waals surface area contributed by atoms with Crippen LogP contribution in [0.25, 0.3) is 5.65 Å². The van der Waals surface area contributed by atoms with Crippen molar-refractivity contribution >= 4 is 27.5 Å². The van der Waals surface area contributed by atoms with Crippen LogP contribution in [-0.2, 0) is 4.74 Å². The number of halogens is 1. The first kappa shape index (κ1) is 12.0. The Morgan fingerprint density at radius 3 is 2.76 bits per heavy atom. The normalized spacial score (nSPS) is 11.8. The summed E-state index contributed by atoms with van der Waals surface area (Å²) in [5.74, 6) is -0.415. The lowest BCUT2D eigenvalue weighted by molar-refractivity contribution is 0.00716. The molecule has 6 heteroatoms. The van der Waals surface area contributed by atoms with Crippen molar-refractivity contribution in [1.29, 1.82) is 0 Å². The maximum atomic E-state index is 11.9. The molecule has 5 nitrogen and oxygen atoms in total. The Balaban J connectivity index is 2.40. The van der Waals surface area contributed by atoms with Crippen molar-refractivity contribution in [2.75, 3.05) is 0 Å². The lowest BCUT2D eigenvalue weighted by Gasteiger charge is -2.18. The smallest absolute Gasteiger partial charge is 0.344 e. The van der Waals surface area contributed by atoms with E-state index >= 15 is 0 Å². The Morgan fingerprint density at radius 2 is 2.12 bits per heavy atom. The van der Waals surface area contributed by atoms with E-state index in [1.54, 1.807) is 12.4 Å². The highest BCUT2D eigenvalue weighted by atomic mass is 79.9.